The second-order valence-corrected chi connectivity index (χ2v) is 3.14. The highest BCUT2D eigenvalue weighted by Crippen LogP contribution is 2.23. The van der Waals surface area contributed by atoms with E-state index in [0.717, 1.165) is 4.57 Å². The Kier molecular flexibility index (Phi) is 3.02. The molecule has 1 heterocycles. The number of nitrogens with zero attached hydrogens (tertiary/aromatic N) is 5. The third-order valence-electron chi connectivity index (χ3n) is 2.20. The van der Waals surface area contributed by atoms with Crippen LogP contribution in [0.4, 0.5) is 5.95 Å². The Morgan fingerprint density at radius 2 is 1.65 bits per heavy atom. The van der Waals surface area contributed by atoms with Gasteiger partial charge in [-0.3, -0.25) is 20.2 Å². The van der Waals surface area contributed by atoms with E-state index in [4.69, 9.17) is 0 Å². The zero-order valence-corrected chi connectivity index (χ0v) is 8.76. The summed E-state index contributed by atoms with van der Waals surface area (Å²) < 4.78 is 0.954. The normalized spacial score (nSPS) is 10.5. The molecule has 0 amide bonds. The van der Waals surface area contributed by atoms with Crippen molar-refractivity contribution < 1.29 is 14.8 Å². The van der Waals surface area contributed by atoms with E-state index in [0.29, 0.717) is 0 Å². The van der Waals surface area contributed by atoms with Gasteiger partial charge in [-0.05, 0) is 11.8 Å². The van der Waals surface area contributed by atoms with Crippen molar-refractivity contribution in [3.05, 3.63) is 41.7 Å². The molecule has 0 bridgehead atoms. The van der Waals surface area contributed by atoms with Crippen LogP contribution >= 0.6 is 0 Å². The van der Waals surface area contributed by atoms with Crippen LogP contribution in [0.15, 0.2) is 0 Å². The molecule has 0 saturated heterocycles. The minimum absolute atomic E-state index is 0.00935. The van der Waals surface area contributed by atoms with E-state index in [2.05, 4.69) is 4.98 Å². The predicted octanol–water partition coefficient (Wildman–Crippen LogP) is 0.189. The van der Waals surface area contributed by atoms with Gasteiger partial charge >= 0.3 is 17.8 Å². The van der Waals surface area contributed by atoms with Crippen LogP contribution in [0, 0.1) is 37.3 Å². The molecule has 1 aromatic rings. The Hall–Kier alpha value is -2.59. The molecule has 0 atom stereocenters. The van der Waals surface area contributed by atoms with Crippen LogP contribution in [0.25, 0.3) is 0 Å². The first-order chi connectivity index (χ1) is 7.77. The Morgan fingerprint density at radius 1 is 1.18 bits per heavy atom. The monoisotopic (exact) mass is 245 g/mol. The molecular weight excluding hydrogens is 238 g/mol. The van der Waals surface area contributed by atoms with Gasteiger partial charge in [-0.2, -0.15) is 0 Å². The summed E-state index contributed by atoms with van der Waals surface area (Å²) in [5, 5.41) is 31.6. The Labute approximate surface area is 93.1 Å². The number of rotatable bonds is 4. The smallest absolute Gasteiger partial charge is 0.390 e. The first-order valence-corrected chi connectivity index (χ1v) is 4.22. The number of aromatic nitrogens is 2. The largest absolute Gasteiger partial charge is 0.510 e. The van der Waals surface area contributed by atoms with Crippen LogP contribution in [0.5, 0.6) is 0 Å². The predicted molar refractivity (Wildman–Crippen MR) is 51.3 cm³/mol. The van der Waals surface area contributed by atoms with Crippen LogP contribution < -0.4 is 0 Å². The zero-order chi connectivity index (χ0) is 13.3. The number of nitro groups is 3. The molecule has 11 heteroatoms. The first-order valence-electron chi connectivity index (χ1n) is 4.22. The summed E-state index contributed by atoms with van der Waals surface area (Å²) in [6, 6.07) is 0. The molecule has 1 rings (SSSR count). The van der Waals surface area contributed by atoms with Crippen molar-refractivity contribution in [1.82, 2.24) is 9.55 Å². The summed E-state index contributed by atoms with van der Waals surface area (Å²) in [4.78, 5) is 31.7. The minimum Gasteiger partial charge on any atom is -0.390 e. The molecule has 0 saturated carbocycles. The van der Waals surface area contributed by atoms with Gasteiger partial charge in [0.15, 0.2) is 0 Å². The third kappa shape index (κ3) is 2.02. The number of imidazole rings is 1. The van der Waals surface area contributed by atoms with Crippen LogP contribution in [-0.2, 0) is 7.05 Å². The maximum Gasteiger partial charge on any atom is 0.510 e. The Bertz CT molecular complexity index is 493. The molecular formula is C6H7N5O6. The summed E-state index contributed by atoms with van der Waals surface area (Å²) in [5.74, 6) is -0.675. The van der Waals surface area contributed by atoms with Gasteiger partial charge < -0.3 is 10.1 Å². The van der Waals surface area contributed by atoms with Gasteiger partial charge in [0.25, 0.3) is 0 Å². The summed E-state index contributed by atoms with van der Waals surface area (Å²) in [6.45, 7) is 1.29. The maximum absolute atomic E-state index is 10.5. The average molecular weight is 245 g/mol. The molecule has 0 radical (unpaired) electrons. The van der Waals surface area contributed by atoms with E-state index in [-0.39, 0.29) is 5.69 Å². The lowest BCUT2D eigenvalue weighted by Gasteiger charge is -1.96. The zero-order valence-electron chi connectivity index (χ0n) is 8.76. The SMILES string of the molecule is Cc1c(C([N+](=O)[O-])[N+](=O)[O-])nc([N+](=O)[O-])n1C. The molecule has 11 nitrogen and oxygen atoms in total. The fraction of sp³-hybridized carbons (Fsp3) is 0.500. The van der Waals surface area contributed by atoms with E-state index < -0.39 is 32.6 Å². The summed E-state index contributed by atoms with van der Waals surface area (Å²) in [6.07, 6.45) is -2.30. The molecule has 0 fully saturated rings. The van der Waals surface area contributed by atoms with Gasteiger partial charge in [-0.15, -0.1) is 0 Å². The molecule has 17 heavy (non-hydrogen) atoms. The highest BCUT2D eigenvalue weighted by Gasteiger charge is 2.44. The molecule has 92 valence electrons. The van der Waals surface area contributed by atoms with E-state index >= 15 is 0 Å². The maximum atomic E-state index is 10.5. The summed E-state index contributed by atoms with van der Waals surface area (Å²) in [7, 11) is 1.25. The van der Waals surface area contributed by atoms with Crippen LogP contribution in [0.2, 0.25) is 0 Å². The lowest BCUT2D eigenvalue weighted by atomic mass is 10.3. The molecule has 0 unspecified atom stereocenters. The van der Waals surface area contributed by atoms with Crippen molar-refractivity contribution in [2.45, 2.75) is 13.1 Å². The van der Waals surface area contributed by atoms with Crippen LogP contribution in [0.1, 0.15) is 17.6 Å². The van der Waals surface area contributed by atoms with Crippen molar-refractivity contribution in [3.8, 4) is 0 Å². The van der Waals surface area contributed by atoms with Crippen molar-refractivity contribution in [1.29, 1.82) is 0 Å². The Balaban J connectivity index is 3.40. The molecule has 0 aromatic carbocycles. The van der Waals surface area contributed by atoms with Gasteiger partial charge in [-0.25, -0.2) is 4.57 Å². The molecule has 0 aliphatic heterocycles. The fourth-order valence-electron chi connectivity index (χ4n) is 1.27. The third-order valence-corrected chi connectivity index (χ3v) is 2.20. The van der Waals surface area contributed by atoms with E-state index in [1.807, 2.05) is 0 Å². The molecule has 1 aromatic heterocycles. The standard InChI is InChI=1S/C6H7N5O6/c1-3-4(5(9(12)13)10(14)15)7-6(8(3)2)11(16)17/h5H,1-2H3. The van der Waals surface area contributed by atoms with E-state index in [9.17, 15) is 30.3 Å². The first kappa shape index (κ1) is 12.5. The van der Waals surface area contributed by atoms with Gasteiger partial charge in [0.1, 0.15) is 15.5 Å². The second kappa shape index (κ2) is 4.11. The highest BCUT2D eigenvalue weighted by atomic mass is 16.7. The van der Waals surface area contributed by atoms with Crippen molar-refractivity contribution >= 4 is 5.95 Å². The van der Waals surface area contributed by atoms with Gasteiger partial charge in [0.2, 0.25) is 0 Å². The van der Waals surface area contributed by atoms with Crippen LogP contribution in [0.3, 0.4) is 0 Å². The van der Waals surface area contributed by atoms with Gasteiger partial charge in [0.05, 0.1) is 7.05 Å². The summed E-state index contributed by atoms with van der Waals surface area (Å²) in [5.41, 5.74) is -0.524. The summed E-state index contributed by atoms with van der Waals surface area (Å²) >= 11 is 0. The van der Waals surface area contributed by atoms with Gasteiger partial charge in [-0.1, -0.05) is 4.98 Å². The Morgan fingerprint density at radius 3 is 1.94 bits per heavy atom. The topological polar surface area (TPSA) is 147 Å². The fourth-order valence-corrected chi connectivity index (χ4v) is 1.27. The molecule has 0 spiro atoms. The quantitative estimate of drug-likeness (QED) is 0.417. The van der Waals surface area contributed by atoms with Gasteiger partial charge in [0, 0.05) is 0 Å². The molecule has 0 N–H and O–H groups in total. The number of hydrogen-bond acceptors (Lipinski definition) is 7. The average Bonchev–Trinajstić information content (AvgIpc) is 2.45. The number of hydrogen-bond donors (Lipinski definition) is 0. The lowest BCUT2D eigenvalue weighted by Crippen LogP contribution is -2.21. The molecule has 0 aliphatic rings. The highest BCUT2D eigenvalue weighted by molar-refractivity contribution is 5.23. The second-order valence-electron chi connectivity index (χ2n) is 3.14. The lowest BCUT2D eigenvalue weighted by molar-refractivity contribution is -0.753. The van der Waals surface area contributed by atoms with Crippen molar-refractivity contribution in [2.24, 2.45) is 7.05 Å². The van der Waals surface area contributed by atoms with Crippen molar-refractivity contribution in [3.63, 3.8) is 0 Å². The van der Waals surface area contributed by atoms with E-state index in [1.54, 1.807) is 0 Å². The minimum atomic E-state index is -2.30. The molecule has 0 aliphatic carbocycles. The van der Waals surface area contributed by atoms with Crippen LogP contribution in [-0.4, -0.2) is 24.3 Å². The van der Waals surface area contributed by atoms with Crippen molar-refractivity contribution in [2.75, 3.05) is 0 Å². The van der Waals surface area contributed by atoms with E-state index in [1.165, 1.54) is 14.0 Å².